The fourth-order valence-corrected chi connectivity index (χ4v) is 5.80. The van der Waals surface area contributed by atoms with Crippen LogP contribution in [0, 0.1) is 5.41 Å². The van der Waals surface area contributed by atoms with Gasteiger partial charge in [0.1, 0.15) is 5.60 Å². The molecular formula is C24H34BrNO4. The highest BCUT2D eigenvalue weighted by atomic mass is 79.9. The third-order valence-electron chi connectivity index (χ3n) is 6.59. The molecule has 0 bridgehead atoms. The summed E-state index contributed by atoms with van der Waals surface area (Å²) in [6.45, 7) is 13.2. The van der Waals surface area contributed by atoms with Gasteiger partial charge in [-0.2, -0.15) is 0 Å². The average Bonchev–Trinajstić information content (AvgIpc) is 2.97. The lowest BCUT2D eigenvalue weighted by molar-refractivity contribution is -0.155. The first kappa shape index (κ1) is 23.1. The molecule has 1 aliphatic carbocycles. The van der Waals surface area contributed by atoms with Gasteiger partial charge in [0.2, 0.25) is 0 Å². The molecule has 0 N–H and O–H groups in total. The minimum absolute atomic E-state index is 0.0532. The first-order valence-electron chi connectivity index (χ1n) is 10.9. The van der Waals surface area contributed by atoms with Gasteiger partial charge in [-0.3, -0.25) is 4.79 Å². The van der Waals surface area contributed by atoms with Crippen molar-refractivity contribution in [3.63, 3.8) is 0 Å². The highest BCUT2D eigenvalue weighted by Gasteiger charge is 2.53. The monoisotopic (exact) mass is 479 g/mol. The summed E-state index contributed by atoms with van der Waals surface area (Å²) in [7, 11) is 0. The van der Waals surface area contributed by atoms with Crippen LogP contribution in [0.4, 0.5) is 4.79 Å². The van der Waals surface area contributed by atoms with E-state index >= 15 is 0 Å². The van der Waals surface area contributed by atoms with Gasteiger partial charge in [-0.1, -0.05) is 28.1 Å². The Morgan fingerprint density at radius 1 is 1.17 bits per heavy atom. The van der Waals surface area contributed by atoms with Crippen LogP contribution in [0.2, 0.25) is 0 Å². The van der Waals surface area contributed by atoms with Crippen LogP contribution < -0.4 is 0 Å². The first-order valence-corrected chi connectivity index (χ1v) is 11.6. The van der Waals surface area contributed by atoms with Crippen molar-refractivity contribution in [2.75, 3.05) is 19.7 Å². The summed E-state index contributed by atoms with van der Waals surface area (Å²) >= 11 is 3.78. The number of carbonyl (C=O) groups excluding carboxylic acids is 2. The lowest BCUT2D eigenvalue weighted by atomic mass is 9.70. The lowest BCUT2D eigenvalue weighted by Crippen LogP contribution is -2.46. The highest BCUT2D eigenvalue weighted by molar-refractivity contribution is 9.10. The van der Waals surface area contributed by atoms with Crippen molar-refractivity contribution in [2.24, 2.45) is 5.41 Å². The summed E-state index contributed by atoms with van der Waals surface area (Å²) < 4.78 is 12.1. The Balaban J connectivity index is 1.88. The molecule has 6 heteroatoms. The first-order chi connectivity index (χ1) is 13.9. The van der Waals surface area contributed by atoms with E-state index in [9.17, 15) is 9.59 Å². The van der Waals surface area contributed by atoms with Crippen LogP contribution in [0.3, 0.4) is 0 Å². The molecule has 1 aliphatic heterocycles. The number of halogens is 1. The second-order valence-electron chi connectivity index (χ2n) is 10.2. The molecule has 0 saturated carbocycles. The molecule has 1 fully saturated rings. The van der Waals surface area contributed by atoms with Crippen LogP contribution in [-0.4, -0.2) is 42.3 Å². The summed E-state index contributed by atoms with van der Waals surface area (Å²) in [5.74, 6) is -0.0682. The largest absolute Gasteiger partial charge is 0.466 e. The summed E-state index contributed by atoms with van der Waals surface area (Å²) in [5, 5.41) is 0. The van der Waals surface area contributed by atoms with Gasteiger partial charge in [0, 0.05) is 28.9 Å². The van der Waals surface area contributed by atoms with E-state index in [0.29, 0.717) is 19.7 Å². The van der Waals surface area contributed by atoms with E-state index in [4.69, 9.17) is 9.47 Å². The quantitative estimate of drug-likeness (QED) is 0.514. The smallest absolute Gasteiger partial charge is 0.410 e. The maximum atomic E-state index is 12.8. The fraction of sp³-hybridized carbons (Fsp3) is 0.667. The molecule has 166 valence electrons. The predicted octanol–water partition coefficient (Wildman–Crippen LogP) is 5.79. The Morgan fingerprint density at radius 3 is 2.37 bits per heavy atom. The third kappa shape index (κ3) is 4.25. The number of hydrogen-bond acceptors (Lipinski definition) is 4. The van der Waals surface area contributed by atoms with E-state index in [1.807, 2.05) is 52.5 Å². The number of hydrogen-bond donors (Lipinski definition) is 0. The van der Waals surface area contributed by atoms with Crippen molar-refractivity contribution in [1.82, 2.24) is 4.90 Å². The number of benzene rings is 1. The molecule has 1 saturated heterocycles. The number of carbonyl (C=O) groups is 2. The summed E-state index contributed by atoms with van der Waals surface area (Å²) in [5.41, 5.74) is 1.37. The average molecular weight is 480 g/mol. The molecule has 1 aromatic carbocycles. The fourth-order valence-electron chi connectivity index (χ4n) is 4.99. The Bertz CT molecular complexity index is 819. The molecule has 0 radical (unpaired) electrons. The minimum Gasteiger partial charge on any atom is -0.466 e. The topological polar surface area (TPSA) is 55.8 Å². The molecule has 1 spiro atoms. The third-order valence-corrected chi connectivity index (χ3v) is 7.25. The van der Waals surface area contributed by atoms with Crippen molar-refractivity contribution in [1.29, 1.82) is 0 Å². The standard InChI is InChI=1S/C24H34BrNO4/c1-7-29-20(27)23(5,6)17-15-24(19-16(17)9-8-10-18(19)25)11-13-26(14-12-24)21(28)30-22(2,3)4/h8-10,17H,7,11-15H2,1-6H3. The number of piperidine rings is 1. The van der Waals surface area contributed by atoms with Gasteiger partial charge >= 0.3 is 12.1 Å². The second kappa shape index (κ2) is 8.18. The van der Waals surface area contributed by atoms with Crippen molar-refractivity contribution < 1.29 is 19.1 Å². The Labute approximate surface area is 188 Å². The molecule has 1 aromatic rings. The summed E-state index contributed by atoms with van der Waals surface area (Å²) in [6.07, 6.45) is 2.36. The van der Waals surface area contributed by atoms with E-state index < -0.39 is 11.0 Å². The SMILES string of the molecule is CCOC(=O)C(C)(C)C1CC2(CCN(C(=O)OC(C)(C)C)CC2)c2c(Br)cccc21. The van der Waals surface area contributed by atoms with Crippen LogP contribution in [0.15, 0.2) is 22.7 Å². The molecule has 30 heavy (non-hydrogen) atoms. The summed E-state index contributed by atoms with van der Waals surface area (Å²) in [6, 6.07) is 6.29. The van der Waals surface area contributed by atoms with E-state index in [-0.39, 0.29) is 23.4 Å². The Hall–Kier alpha value is -1.56. The van der Waals surface area contributed by atoms with E-state index in [0.717, 1.165) is 23.7 Å². The van der Waals surface area contributed by atoms with Gasteiger partial charge in [-0.05, 0) is 78.0 Å². The number of likely N-dealkylation sites (tertiary alicyclic amines) is 1. The number of fused-ring (bicyclic) bond motifs is 2. The maximum Gasteiger partial charge on any atom is 0.410 e. The molecular weight excluding hydrogens is 446 g/mol. The number of ether oxygens (including phenoxy) is 2. The lowest BCUT2D eigenvalue weighted by Gasteiger charge is -2.41. The van der Waals surface area contributed by atoms with Gasteiger partial charge in [0.05, 0.1) is 12.0 Å². The van der Waals surface area contributed by atoms with Gasteiger partial charge in [-0.25, -0.2) is 4.79 Å². The van der Waals surface area contributed by atoms with Crippen LogP contribution in [0.1, 0.15) is 77.8 Å². The van der Waals surface area contributed by atoms with Crippen LogP contribution in [0.25, 0.3) is 0 Å². The van der Waals surface area contributed by atoms with Gasteiger partial charge in [-0.15, -0.1) is 0 Å². The van der Waals surface area contributed by atoms with E-state index in [1.165, 1.54) is 11.1 Å². The zero-order valence-corrected chi connectivity index (χ0v) is 20.6. The molecule has 1 atom stereocenters. The van der Waals surface area contributed by atoms with Gasteiger partial charge in [0.25, 0.3) is 0 Å². The van der Waals surface area contributed by atoms with Crippen LogP contribution >= 0.6 is 15.9 Å². The number of rotatable bonds is 3. The molecule has 1 heterocycles. The minimum atomic E-state index is -0.614. The van der Waals surface area contributed by atoms with Crippen LogP contribution in [0.5, 0.6) is 0 Å². The number of esters is 1. The highest BCUT2D eigenvalue weighted by Crippen LogP contribution is 2.58. The Morgan fingerprint density at radius 2 is 1.80 bits per heavy atom. The number of amides is 1. The maximum absolute atomic E-state index is 12.8. The van der Waals surface area contributed by atoms with Crippen molar-refractivity contribution in [3.8, 4) is 0 Å². The molecule has 1 amide bonds. The van der Waals surface area contributed by atoms with Crippen molar-refractivity contribution in [2.45, 2.75) is 77.7 Å². The second-order valence-corrected chi connectivity index (χ2v) is 11.0. The van der Waals surface area contributed by atoms with E-state index in [2.05, 4.69) is 28.1 Å². The molecule has 5 nitrogen and oxygen atoms in total. The van der Waals surface area contributed by atoms with Crippen LogP contribution in [-0.2, 0) is 19.7 Å². The summed E-state index contributed by atoms with van der Waals surface area (Å²) in [4.78, 5) is 27.2. The zero-order valence-electron chi connectivity index (χ0n) is 19.0. The predicted molar refractivity (Wildman–Crippen MR) is 121 cm³/mol. The molecule has 3 rings (SSSR count). The van der Waals surface area contributed by atoms with Gasteiger partial charge in [0.15, 0.2) is 0 Å². The zero-order chi connectivity index (χ0) is 22.3. The molecule has 2 aliphatic rings. The van der Waals surface area contributed by atoms with Crippen molar-refractivity contribution in [3.05, 3.63) is 33.8 Å². The Kier molecular flexibility index (Phi) is 6.30. The normalized spacial score (nSPS) is 20.8. The van der Waals surface area contributed by atoms with Crippen molar-refractivity contribution >= 4 is 28.0 Å². The van der Waals surface area contributed by atoms with E-state index in [1.54, 1.807) is 0 Å². The molecule has 0 aromatic heterocycles. The van der Waals surface area contributed by atoms with Gasteiger partial charge < -0.3 is 14.4 Å². The number of nitrogens with zero attached hydrogens (tertiary/aromatic N) is 1. The molecule has 1 unspecified atom stereocenters.